The minimum Gasteiger partial charge on any atom is -0.385 e. The number of aromatic nitrogens is 2. The van der Waals surface area contributed by atoms with Crippen LogP contribution >= 0.6 is 0 Å². The minimum atomic E-state index is -0.0620. The van der Waals surface area contributed by atoms with E-state index in [4.69, 9.17) is 9.47 Å². The van der Waals surface area contributed by atoms with E-state index in [1.807, 2.05) is 10.9 Å². The Morgan fingerprint density at radius 3 is 3.09 bits per heavy atom. The molecule has 1 amide bonds. The molecule has 7 nitrogen and oxygen atoms in total. The summed E-state index contributed by atoms with van der Waals surface area (Å²) < 4.78 is 12.4. The Morgan fingerprint density at radius 1 is 1.48 bits per heavy atom. The van der Waals surface area contributed by atoms with E-state index in [1.54, 1.807) is 25.1 Å². The Labute approximate surface area is 137 Å². The smallest absolute Gasteiger partial charge is 0.274 e. The lowest BCUT2D eigenvalue weighted by atomic mass is 10.1. The molecule has 0 aliphatic carbocycles. The number of ether oxygens (including phenoxy) is 2. The maximum absolute atomic E-state index is 12.4. The van der Waals surface area contributed by atoms with Gasteiger partial charge in [0.05, 0.1) is 12.6 Å². The first-order valence-corrected chi connectivity index (χ1v) is 8.30. The summed E-state index contributed by atoms with van der Waals surface area (Å²) >= 11 is 0. The lowest BCUT2D eigenvalue weighted by Crippen LogP contribution is -2.33. The van der Waals surface area contributed by atoms with Crippen LogP contribution in [-0.2, 0) is 9.47 Å². The molecule has 1 aliphatic rings. The Kier molecular flexibility index (Phi) is 7.51. The lowest BCUT2D eigenvalue weighted by molar-refractivity contribution is 0.0650. The highest BCUT2D eigenvalue weighted by molar-refractivity contribution is 5.91. The SMILES string of the molecule is COCCCOCCN(C)C(=O)c1ccn(C2CCCNC2)n1. The molecule has 2 heterocycles. The zero-order valence-electron chi connectivity index (χ0n) is 14.2. The van der Waals surface area contributed by atoms with Gasteiger partial charge < -0.3 is 19.7 Å². The number of carbonyl (C=O) groups excluding carboxylic acids is 1. The molecule has 0 radical (unpaired) electrons. The van der Waals surface area contributed by atoms with Gasteiger partial charge in [-0.1, -0.05) is 0 Å². The summed E-state index contributed by atoms with van der Waals surface area (Å²) in [7, 11) is 3.46. The normalized spacial score (nSPS) is 18.1. The summed E-state index contributed by atoms with van der Waals surface area (Å²) in [6.07, 6.45) is 5.02. The second-order valence-electron chi connectivity index (χ2n) is 5.87. The fraction of sp³-hybridized carbons (Fsp3) is 0.750. The van der Waals surface area contributed by atoms with E-state index in [1.165, 1.54) is 0 Å². The maximum atomic E-state index is 12.4. The molecule has 0 saturated carbocycles. The fourth-order valence-electron chi connectivity index (χ4n) is 2.62. The van der Waals surface area contributed by atoms with Gasteiger partial charge in [-0.2, -0.15) is 5.10 Å². The monoisotopic (exact) mass is 324 g/mol. The first kappa shape index (κ1) is 17.9. The van der Waals surface area contributed by atoms with Crippen molar-refractivity contribution in [2.75, 3.05) is 53.6 Å². The van der Waals surface area contributed by atoms with Crippen molar-refractivity contribution in [3.05, 3.63) is 18.0 Å². The summed E-state index contributed by atoms with van der Waals surface area (Å²) in [5.41, 5.74) is 0.498. The summed E-state index contributed by atoms with van der Waals surface area (Å²) in [5, 5.41) is 7.81. The fourth-order valence-corrected chi connectivity index (χ4v) is 2.62. The van der Waals surface area contributed by atoms with E-state index in [2.05, 4.69) is 10.4 Å². The molecule has 1 aromatic rings. The van der Waals surface area contributed by atoms with Gasteiger partial charge in [0.15, 0.2) is 0 Å². The first-order valence-electron chi connectivity index (χ1n) is 8.30. The van der Waals surface area contributed by atoms with E-state index in [9.17, 15) is 4.79 Å². The third-order valence-electron chi connectivity index (χ3n) is 4.03. The highest BCUT2D eigenvalue weighted by atomic mass is 16.5. The topological polar surface area (TPSA) is 68.6 Å². The molecule has 1 saturated heterocycles. The van der Waals surface area contributed by atoms with Gasteiger partial charge in [-0.25, -0.2) is 0 Å². The number of nitrogens with zero attached hydrogens (tertiary/aromatic N) is 3. The molecule has 1 aliphatic heterocycles. The lowest BCUT2D eigenvalue weighted by Gasteiger charge is -2.23. The largest absolute Gasteiger partial charge is 0.385 e. The van der Waals surface area contributed by atoms with Gasteiger partial charge in [-0.3, -0.25) is 9.48 Å². The van der Waals surface area contributed by atoms with Gasteiger partial charge in [-0.05, 0) is 31.9 Å². The quantitative estimate of drug-likeness (QED) is 0.685. The molecule has 1 N–H and O–H groups in total. The summed E-state index contributed by atoms with van der Waals surface area (Å²) in [6.45, 7) is 4.42. The summed E-state index contributed by atoms with van der Waals surface area (Å²) in [5.74, 6) is -0.0620. The molecule has 1 unspecified atom stereocenters. The summed E-state index contributed by atoms with van der Waals surface area (Å²) in [4.78, 5) is 14.0. The molecule has 1 fully saturated rings. The second kappa shape index (κ2) is 9.64. The van der Waals surface area contributed by atoms with Crippen LogP contribution in [-0.4, -0.2) is 74.2 Å². The highest BCUT2D eigenvalue weighted by Gasteiger charge is 2.19. The van der Waals surface area contributed by atoms with Crippen LogP contribution in [0.2, 0.25) is 0 Å². The minimum absolute atomic E-state index is 0.0620. The van der Waals surface area contributed by atoms with Crippen molar-refractivity contribution in [3.8, 4) is 0 Å². The molecule has 0 spiro atoms. The highest BCUT2D eigenvalue weighted by Crippen LogP contribution is 2.16. The maximum Gasteiger partial charge on any atom is 0.274 e. The molecule has 1 atom stereocenters. The van der Waals surface area contributed by atoms with Crippen molar-refractivity contribution < 1.29 is 14.3 Å². The first-order chi connectivity index (χ1) is 11.2. The molecule has 23 heavy (non-hydrogen) atoms. The van der Waals surface area contributed by atoms with Crippen LogP contribution in [0.5, 0.6) is 0 Å². The van der Waals surface area contributed by atoms with Crippen LogP contribution in [0.15, 0.2) is 12.3 Å². The number of rotatable bonds is 9. The molecule has 1 aromatic heterocycles. The van der Waals surface area contributed by atoms with Crippen LogP contribution in [0, 0.1) is 0 Å². The van der Waals surface area contributed by atoms with Crippen molar-refractivity contribution in [1.29, 1.82) is 0 Å². The number of methoxy groups -OCH3 is 1. The molecule has 0 aromatic carbocycles. The number of piperidine rings is 1. The number of hydrogen-bond acceptors (Lipinski definition) is 5. The van der Waals surface area contributed by atoms with Crippen LogP contribution in [0.4, 0.5) is 0 Å². The third kappa shape index (κ3) is 5.60. The Balaban J connectivity index is 1.74. The molecule has 0 bridgehead atoms. The number of nitrogens with one attached hydrogen (secondary N) is 1. The Bertz CT molecular complexity index is 472. The van der Waals surface area contributed by atoms with Crippen molar-refractivity contribution in [3.63, 3.8) is 0 Å². The van der Waals surface area contributed by atoms with Gasteiger partial charge in [0.25, 0.3) is 5.91 Å². The summed E-state index contributed by atoms with van der Waals surface area (Å²) in [6, 6.07) is 2.15. The zero-order valence-corrected chi connectivity index (χ0v) is 14.2. The van der Waals surface area contributed by atoms with Crippen molar-refractivity contribution >= 4 is 5.91 Å². The Hall–Kier alpha value is -1.44. The second-order valence-corrected chi connectivity index (χ2v) is 5.87. The van der Waals surface area contributed by atoms with Gasteiger partial charge in [0, 0.05) is 46.7 Å². The predicted octanol–water partition coefficient (Wildman–Crippen LogP) is 0.933. The van der Waals surface area contributed by atoms with Crippen LogP contribution in [0.3, 0.4) is 0 Å². The van der Waals surface area contributed by atoms with Gasteiger partial charge in [-0.15, -0.1) is 0 Å². The number of carbonyl (C=O) groups is 1. The third-order valence-corrected chi connectivity index (χ3v) is 4.03. The molecular formula is C16H28N4O3. The van der Waals surface area contributed by atoms with Crippen LogP contribution < -0.4 is 5.32 Å². The van der Waals surface area contributed by atoms with Crippen LogP contribution in [0.1, 0.15) is 35.8 Å². The van der Waals surface area contributed by atoms with Crippen LogP contribution in [0.25, 0.3) is 0 Å². The number of hydrogen-bond donors (Lipinski definition) is 1. The number of amides is 1. The molecule has 2 rings (SSSR count). The van der Waals surface area contributed by atoms with Crippen molar-refractivity contribution in [1.82, 2.24) is 20.0 Å². The zero-order chi connectivity index (χ0) is 16.5. The van der Waals surface area contributed by atoms with Crippen molar-refractivity contribution in [2.24, 2.45) is 0 Å². The molecule has 130 valence electrons. The Morgan fingerprint density at radius 2 is 2.35 bits per heavy atom. The standard InChI is InChI=1S/C16H28N4O3/c1-19(9-12-23-11-4-10-22-2)16(21)15-6-8-20(18-15)14-5-3-7-17-13-14/h6,8,14,17H,3-5,7,9-13H2,1-2H3. The molecular weight excluding hydrogens is 296 g/mol. The average Bonchev–Trinajstić information content (AvgIpc) is 3.08. The number of likely N-dealkylation sites (N-methyl/N-ethyl adjacent to an activating group) is 1. The van der Waals surface area contributed by atoms with E-state index >= 15 is 0 Å². The van der Waals surface area contributed by atoms with Crippen molar-refractivity contribution in [2.45, 2.75) is 25.3 Å². The average molecular weight is 324 g/mol. The van der Waals surface area contributed by atoms with Gasteiger partial charge in [0.1, 0.15) is 5.69 Å². The van der Waals surface area contributed by atoms with E-state index in [-0.39, 0.29) is 5.91 Å². The van der Waals surface area contributed by atoms with E-state index in [0.717, 1.165) is 32.4 Å². The molecule has 7 heteroatoms. The van der Waals surface area contributed by atoms with Gasteiger partial charge >= 0.3 is 0 Å². The van der Waals surface area contributed by atoms with E-state index < -0.39 is 0 Å². The predicted molar refractivity (Wildman–Crippen MR) is 87.6 cm³/mol. The van der Waals surface area contributed by atoms with E-state index in [0.29, 0.717) is 38.1 Å². The van der Waals surface area contributed by atoms with Gasteiger partial charge in [0.2, 0.25) is 0 Å².